The molecule has 1 aliphatic heterocycles. The van der Waals surface area contributed by atoms with Gasteiger partial charge in [-0.1, -0.05) is 17.7 Å². The molecule has 1 amide bonds. The number of nitrogens with one attached hydrogen (secondary N) is 1. The van der Waals surface area contributed by atoms with Gasteiger partial charge in [0.25, 0.3) is 11.6 Å². The van der Waals surface area contributed by atoms with Gasteiger partial charge in [0.2, 0.25) is 10.0 Å². The molecule has 0 aromatic heterocycles. The lowest BCUT2D eigenvalue weighted by atomic mass is 10.1. The summed E-state index contributed by atoms with van der Waals surface area (Å²) in [6.07, 6.45) is 1.38. The standard InChI is InChI=1S/C21H25N3O5S/c1-14-11-15(2)20(16(3)12-14)30(28,29)23-10-4-5-19(23)13-22-21(25)17-6-8-18(9-7-17)24(26)27/h6-9,11-12,19H,4-5,10,13H2,1-3H3,(H,22,25)/t19-/m1/s1. The average Bonchev–Trinajstić information content (AvgIpc) is 3.14. The summed E-state index contributed by atoms with van der Waals surface area (Å²) in [5, 5.41) is 13.5. The highest BCUT2D eigenvalue weighted by atomic mass is 32.2. The van der Waals surface area contributed by atoms with Gasteiger partial charge >= 0.3 is 0 Å². The second-order valence-electron chi connectivity index (χ2n) is 7.65. The van der Waals surface area contributed by atoms with E-state index in [0.29, 0.717) is 34.6 Å². The Kier molecular flexibility index (Phi) is 6.23. The number of amides is 1. The zero-order valence-electron chi connectivity index (χ0n) is 17.2. The number of nitrogens with zero attached hydrogens (tertiary/aromatic N) is 2. The van der Waals surface area contributed by atoms with Crippen LogP contribution < -0.4 is 5.32 Å². The third-order valence-electron chi connectivity index (χ3n) is 5.33. The van der Waals surface area contributed by atoms with Gasteiger partial charge in [0.15, 0.2) is 0 Å². The molecule has 1 aliphatic rings. The first-order valence-electron chi connectivity index (χ1n) is 9.73. The van der Waals surface area contributed by atoms with Crippen LogP contribution in [0.5, 0.6) is 0 Å². The number of carbonyl (C=O) groups excluding carboxylic acids is 1. The first-order chi connectivity index (χ1) is 14.1. The van der Waals surface area contributed by atoms with Gasteiger partial charge in [0, 0.05) is 36.8 Å². The number of carbonyl (C=O) groups is 1. The van der Waals surface area contributed by atoms with Crippen molar-refractivity contribution in [2.24, 2.45) is 0 Å². The summed E-state index contributed by atoms with van der Waals surface area (Å²) in [7, 11) is -3.69. The molecule has 1 saturated heterocycles. The maximum Gasteiger partial charge on any atom is 0.269 e. The van der Waals surface area contributed by atoms with E-state index in [2.05, 4.69) is 5.32 Å². The minimum absolute atomic E-state index is 0.0940. The lowest BCUT2D eigenvalue weighted by Gasteiger charge is -2.26. The van der Waals surface area contributed by atoms with Crippen molar-refractivity contribution >= 4 is 21.6 Å². The number of hydrogen-bond acceptors (Lipinski definition) is 5. The molecule has 1 fully saturated rings. The first kappa shape index (κ1) is 21.9. The van der Waals surface area contributed by atoms with Crippen molar-refractivity contribution in [1.82, 2.24) is 9.62 Å². The second-order valence-corrected chi connectivity index (χ2v) is 9.48. The zero-order valence-corrected chi connectivity index (χ0v) is 18.0. The Morgan fingerprint density at radius 1 is 1.17 bits per heavy atom. The molecule has 0 aliphatic carbocycles. The number of benzene rings is 2. The van der Waals surface area contributed by atoms with Crippen molar-refractivity contribution in [3.63, 3.8) is 0 Å². The van der Waals surface area contributed by atoms with Crippen LogP contribution >= 0.6 is 0 Å². The topological polar surface area (TPSA) is 110 Å². The van der Waals surface area contributed by atoms with Crippen molar-refractivity contribution < 1.29 is 18.1 Å². The number of sulfonamides is 1. The predicted octanol–water partition coefficient (Wildman–Crippen LogP) is 3.10. The molecule has 2 aromatic carbocycles. The molecule has 1 atom stereocenters. The SMILES string of the molecule is Cc1cc(C)c(S(=O)(=O)N2CCC[C@@H]2CNC(=O)c2ccc([N+](=O)[O-])cc2)c(C)c1. The molecule has 0 radical (unpaired) electrons. The smallest absolute Gasteiger partial charge is 0.269 e. The number of nitro groups is 1. The number of rotatable bonds is 6. The average molecular weight is 432 g/mol. The largest absolute Gasteiger partial charge is 0.350 e. The normalized spacial score (nSPS) is 17.1. The van der Waals surface area contributed by atoms with Crippen molar-refractivity contribution in [3.05, 3.63) is 68.8 Å². The lowest BCUT2D eigenvalue weighted by Crippen LogP contribution is -2.43. The first-order valence-corrected chi connectivity index (χ1v) is 11.2. The number of hydrogen-bond donors (Lipinski definition) is 1. The molecule has 160 valence electrons. The van der Waals surface area contributed by atoms with Gasteiger partial charge < -0.3 is 5.32 Å². The summed E-state index contributed by atoms with van der Waals surface area (Å²) in [6, 6.07) is 8.69. The van der Waals surface area contributed by atoms with Crippen molar-refractivity contribution in [2.45, 2.75) is 44.6 Å². The molecule has 0 bridgehead atoms. The minimum atomic E-state index is -3.69. The van der Waals surface area contributed by atoms with E-state index < -0.39 is 20.9 Å². The number of aryl methyl sites for hydroxylation is 3. The number of nitro benzene ring substituents is 1. The Morgan fingerprint density at radius 3 is 2.33 bits per heavy atom. The summed E-state index contributed by atoms with van der Waals surface area (Å²) in [5.74, 6) is -0.392. The van der Waals surface area contributed by atoms with Gasteiger partial charge in [-0.25, -0.2) is 8.42 Å². The zero-order chi connectivity index (χ0) is 22.1. The van der Waals surface area contributed by atoms with Gasteiger partial charge in [0.1, 0.15) is 0 Å². The molecule has 0 unspecified atom stereocenters. The van der Waals surface area contributed by atoms with Crippen LogP contribution in [-0.2, 0) is 10.0 Å². The molecule has 0 spiro atoms. The van der Waals surface area contributed by atoms with E-state index in [4.69, 9.17) is 0 Å². The maximum atomic E-state index is 13.4. The molecule has 30 heavy (non-hydrogen) atoms. The molecular formula is C21H25N3O5S. The Balaban J connectivity index is 1.74. The fraction of sp³-hybridized carbons (Fsp3) is 0.381. The van der Waals surface area contributed by atoms with Crippen molar-refractivity contribution in [3.8, 4) is 0 Å². The van der Waals surface area contributed by atoms with Gasteiger partial charge in [-0.15, -0.1) is 0 Å². The summed E-state index contributed by atoms with van der Waals surface area (Å²) in [4.78, 5) is 22.9. The quantitative estimate of drug-likeness (QED) is 0.558. The van der Waals surface area contributed by atoms with Crippen molar-refractivity contribution in [1.29, 1.82) is 0 Å². The minimum Gasteiger partial charge on any atom is -0.350 e. The van der Waals surface area contributed by atoms with E-state index in [9.17, 15) is 23.3 Å². The monoisotopic (exact) mass is 431 g/mol. The molecule has 2 aromatic rings. The van der Waals surface area contributed by atoms with Gasteiger partial charge in [-0.2, -0.15) is 4.31 Å². The third-order valence-corrected chi connectivity index (χ3v) is 7.59. The Hall–Kier alpha value is -2.78. The molecule has 3 rings (SSSR count). The van der Waals surface area contributed by atoms with Gasteiger partial charge in [-0.05, 0) is 56.9 Å². The summed E-state index contributed by atoms with van der Waals surface area (Å²) in [6.45, 7) is 6.12. The van der Waals surface area contributed by atoms with Crippen LogP contribution in [0.1, 0.15) is 39.9 Å². The van der Waals surface area contributed by atoms with Crippen LogP contribution in [-0.4, -0.2) is 42.7 Å². The fourth-order valence-corrected chi connectivity index (χ4v) is 6.18. The Bertz CT molecular complexity index is 1060. The predicted molar refractivity (Wildman–Crippen MR) is 113 cm³/mol. The summed E-state index contributed by atoms with van der Waals surface area (Å²) in [5.41, 5.74) is 2.64. The third kappa shape index (κ3) is 4.36. The van der Waals surface area contributed by atoms with Gasteiger partial charge in [0.05, 0.1) is 9.82 Å². The second kappa shape index (κ2) is 8.53. The maximum absolute atomic E-state index is 13.4. The van der Waals surface area contributed by atoms with E-state index in [-0.39, 0.29) is 18.3 Å². The van der Waals surface area contributed by atoms with E-state index in [1.54, 1.807) is 13.8 Å². The molecule has 8 nitrogen and oxygen atoms in total. The summed E-state index contributed by atoms with van der Waals surface area (Å²) >= 11 is 0. The van der Waals surface area contributed by atoms with E-state index in [0.717, 1.165) is 12.0 Å². The van der Waals surface area contributed by atoms with Crippen molar-refractivity contribution in [2.75, 3.05) is 13.1 Å². The summed E-state index contributed by atoms with van der Waals surface area (Å²) < 4.78 is 28.2. The van der Waals surface area contributed by atoms with E-state index in [1.807, 2.05) is 19.1 Å². The Morgan fingerprint density at radius 2 is 1.77 bits per heavy atom. The fourth-order valence-electron chi connectivity index (χ4n) is 4.07. The lowest BCUT2D eigenvalue weighted by molar-refractivity contribution is -0.384. The van der Waals surface area contributed by atoms with Crippen LogP contribution in [0.3, 0.4) is 0 Å². The highest BCUT2D eigenvalue weighted by Gasteiger charge is 2.37. The van der Waals surface area contributed by atoms with E-state index in [1.165, 1.54) is 28.6 Å². The molecule has 0 saturated carbocycles. The highest BCUT2D eigenvalue weighted by Crippen LogP contribution is 2.30. The molecular weight excluding hydrogens is 406 g/mol. The van der Waals surface area contributed by atoms with Crippen LogP contribution in [0.15, 0.2) is 41.3 Å². The van der Waals surface area contributed by atoms with E-state index >= 15 is 0 Å². The molecule has 1 heterocycles. The number of non-ortho nitro benzene ring substituents is 1. The van der Waals surface area contributed by atoms with Gasteiger partial charge in [-0.3, -0.25) is 14.9 Å². The highest BCUT2D eigenvalue weighted by molar-refractivity contribution is 7.89. The Labute approximate surface area is 176 Å². The van der Waals surface area contributed by atoms with Crippen LogP contribution in [0.2, 0.25) is 0 Å². The van der Waals surface area contributed by atoms with Crippen LogP contribution in [0.25, 0.3) is 0 Å². The van der Waals surface area contributed by atoms with Crippen LogP contribution in [0, 0.1) is 30.9 Å². The van der Waals surface area contributed by atoms with Crippen LogP contribution in [0.4, 0.5) is 5.69 Å². The molecule has 9 heteroatoms. The molecule has 1 N–H and O–H groups in total.